The fourth-order valence-corrected chi connectivity index (χ4v) is 1.94. The van der Waals surface area contributed by atoms with Crippen molar-refractivity contribution in [1.29, 1.82) is 0 Å². The van der Waals surface area contributed by atoms with Crippen LogP contribution < -0.4 is 5.32 Å². The molecule has 0 radical (unpaired) electrons. The average Bonchev–Trinajstić information content (AvgIpc) is 3.02. The Kier molecular flexibility index (Phi) is 2.72. The zero-order valence-electron chi connectivity index (χ0n) is 9.50. The van der Waals surface area contributed by atoms with Gasteiger partial charge in [-0.1, -0.05) is 17.7 Å². The second kappa shape index (κ2) is 4.40. The molecule has 19 heavy (non-hydrogen) atoms. The maximum Gasteiger partial charge on any atom is 0.272 e. The molecule has 0 unspecified atom stereocenters. The largest absolute Gasteiger partial charge is 0.348 e. The third-order valence-corrected chi connectivity index (χ3v) is 2.98. The molecule has 3 N–H and O–H groups in total. The minimum absolute atomic E-state index is 0.0103. The Bertz CT molecular complexity index is 751. The van der Waals surface area contributed by atoms with Gasteiger partial charge < -0.3 is 10.3 Å². The lowest BCUT2D eigenvalue weighted by molar-refractivity contribution is 0.102. The number of carbonyl (C=O) groups excluding carboxylic acids is 1. The van der Waals surface area contributed by atoms with E-state index in [2.05, 4.69) is 20.5 Å². The smallest absolute Gasteiger partial charge is 0.272 e. The number of hydrogen-bond donors (Lipinski definition) is 3. The number of fused-ring (bicyclic) bond motifs is 1. The molecule has 0 saturated carbocycles. The van der Waals surface area contributed by atoms with Gasteiger partial charge in [0.1, 0.15) is 5.69 Å². The van der Waals surface area contributed by atoms with E-state index >= 15 is 0 Å². The SMILES string of the molecule is O=C(Nc1cn[nH]c1)c1cc2ccc(Cl)c(F)c2[nH]1. The average molecular weight is 279 g/mol. The van der Waals surface area contributed by atoms with Gasteiger partial charge in [-0.05, 0) is 12.1 Å². The van der Waals surface area contributed by atoms with Crippen LogP contribution in [0, 0.1) is 5.82 Å². The van der Waals surface area contributed by atoms with Crippen molar-refractivity contribution in [3.63, 3.8) is 0 Å². The molecule has 1 amide bonds. The van der Waals surface area contributed by atoms with Crippen molar-refractivity contribution < 1.29 is 9.18 Å². The van der Waals surface area contributed by atoms with E-state index in [-0.39, 0.29) is 22.1 Å². The Hall–Kier alpha value is -2.34. The number of aromatic amines is 2. The third-order valence-electron chi connectivity index (χ3n) is 2.69. The van der Waals surface area contributed by atoms with Crippen LogP contribution in [0.4, 0.5) is 10.1 Å². The topological polar surface area (TPSA) is 73.6 Å². The summed E-state index contributed by atoms with van der Waals surface area (Å²) < 4.78 is 13.7. The molecule has 0 atom stereocenters. The highest BCUT2D eigenvalue weighted by Crippen LogP contribution is 2.25. The Balaban J connectivity index is 1.97. The van der Waals surface area contributed by atoms with Crippen LogP contribution >= 0.6 is 11.6 Å². The molecule has 1 aromatic carbocycles. The van der Waals surface area contributed by atoms with Gasteiger partial charge in [-0.2, -0.15) is 5.10 Å². The molecule has 2 heterocycles. The van der Waals surface area contributed by atoms with E-state index < -0.39 is 5.82 Å². The van der Waals surface area contributed by atoms with Gasteiger partial charge in [-0.25, -0.2) is 4.39 Å². The summed E-state index contributed by atoms with van der Waals surface area (Å²) in [6.45, 7) is 0. The number of hydrogen-bond acceptors (Lipinski definition) is 2. The maximum absolute atomic E-state index is 13.7. The standard InChI is InChI=1S/C12H8ClFN4O/c13-8-2-1-6-3-9(18-11(6)10(8)14)12(19)17-7-4-15-16-5-7/h1-5,18H,(H,15,16)(H,17,19). The van der Waals surface area contributed by atoms with Gasteiger partial charge in [0.2, 0.25) is 0 Å². The first kappa shape index (κ1) is 11.7. The van der Waals surface area contributed by atoms with E-state index in [0.29, 0.717) is 11.1 Å². The van der Waals surface area contributed by atoms with Gasteiger partial charge in [0.15, 0.2) is 5.82 Å². The lowest BCUT2D eigenvalue weighted by Gasteiger charge is -1.98. The molecular formula is C12H8ClFN4O. The summed E-state index contributed by atoms with van der Waals surface area (Å²) >= 11 is 5.68. The van der Waals surface area contributed by atoms with Crippen LogP contribution in [-0.4, -0.2) is 21.1 Å². The van der Waals surface area contributed by atoms with Crippen LogP contribution in [0.2, 0.25) is 5.02 Å². The summed E-state index contributed by atoms with van der Waals surface area (Å²) in [4.78, 5) is 14.7. The molecule has 0 spiro atoms. The predicted molar refractivity (Wildman–Crippen MR) is 69.8 cm³/mol. The quantitative estimate of drug-likeness (QED) is 0.674. The first-order valence-corrected chi connectivity index (χ1v) is 5.80. The fraction of sp³-hybridized carbons (Fsp3) is 0. The predicted octanol–water partition coefficient (Wildman–Crippen LogP) is 2.94. The molecule has 2 aromatic heterocycles. The molecule has 0 aliphatic heterocycles. The molecular weight excluding hydrogens is 271 g/mol. The zero-order valence-corrected chi connectivity index (χ0v) is 10.3. The van der Waals surface area contributed by atoms with Gasteiger partial charge in [0.25, 0.3) is 5.91 Å². The number of rotatable bonds is 2. The van der Waals surface area contributed by atoms with Gasteiger partial charge in [0.05, 0.1) is 22.4 Å². The van der Waals surface area contributed by atoms with Crippen LogP contribution in [-0.2, 0) is 0 Å². The fourth-order valence-electron chi connectivity index (χ4n) is 1.78. The van der Waals surface area contributed by atoms with Gasteiger partial charge >= 0.3 is 0 Å². The molecule has 0 fully saturated rings. The maximum atomic E-state index is 13.7. The van der Waals surface area contributed by atoms with Crippen molar-refractivity contribution in [2.24, 2.45) is 0 Å². The summed E-state index contributed by atoms with van der Waals surface area (Å²) in [6, 6.07) is 4.65. The highest BCUT2D eigenvalue weighted by Gasteiger charge is 2.14. The Morgan fingerprint density at radius 1 is 1.42 bits per heavy atom. The molecule has 5 nitrogen and oxygen atoms in total. The molecule has 0 aliphatic rings. The van der Waals surface area contributed by atoms with Crippen molar-refractivity contribution >= 4 is 34.1 Å². The Labute approximate surface area is 111 Å². The van der Waals surface area contributed by atoms with Gasteiger partial charge in [-0.3, -0.25) is 9.89 Å². The lowest BCUT2D eigenvalue weighted by Crippen LogP contribution is -2.11. The number of halogens is 2. The summed E-state index contributed by atoms with van der Waals surface area (Å²) in [5, 5.41) is 9.49. The van der Waals surface area contributed by atoms with Crippen LogP contribution in [0.25, 0.3) is 10.9 Å². The molecule has 0 saturated heterocycles. The number of benzene rings is 1. The summed E-state index contributed by atoms with van der Waals surface area (Å²) in [5.74, 6) is -0.949. The number of carbonyl (C=O) groups is 1. The molecule has 0 bridgehead atoms. The zero-order chi connectivity index (χ0) is 13.4. The van der Waals surface area contributed by atoms with E-state index in [0.717, 1.165) is 0 Å². The molecule has 3 rings (SSSR count). The van der Waals surface area contributed by atoms with Gasteiger partial charge in [-0.15, -0.1) is 0 Å². The molecule has 7 heteroatoms. The molecule has 3 aromatic rings. The summed E-state index contributed by atoms with van der Waals surface area (Å²) in [6.07, 6.45) is 3.01. The van der Waals surface area contributed by atoms with Crippen molar-refractivity contribution in [3.8, 4) is 0 Å². The van der Waals surface area contributed by atoms with Crippen LogP contribution in [0.15, 0.2) is 30.6 Å². The Morgan fingerprint density at radius 3 is 3.00 bits per heavy atom. The molecule has 96 valence electrons. The monoisotopic (exact) mass is 278 g/mol. The first-order chi connectivity index (χ1) is 9.15. The minimum atomic E-state index is -0.568. The van der Waals surface area contributed by atoms with E-state index in [1.54, 1.807) is 12.1 Å². The van der Waals surface area contributed by atoms with E-state index in [1.807, 2.05) is 0 Å². The molecule has 0 aliphatic carbocycles. The highest BCUT2D eigenvalue weighted by atomic mass is 35.5. The Morgan fingerprint density at radius 2 is 2.26 bits per heavy atom. The lowest BCUT2D eigenvalue weighted by atomic mass is 10.2. The minimum Gasteiger partial charge on any atom is -0.348 e. The van der Waals surface area contributed by atoms with Crippen molar-refractivity contribution in [2.75, 3.05) is 5.32 Å². The van der Waals surface area contributed by atoms with Crippen molar-refractivity contribution in [1.82, 2.24) is 15.2 Å². The van der Waals surface area contributed by atoms with Crippen LogP contribution in [0.1, 0.15) is 10.5 Å². The number of nitrogens with zero attached hydrogens (tertiary/aromatic N) is 1. The number of H-pyrrole nitrogens is 2. The first-order valence-electron chi connectivity index (χ1n) is 5.42. The summed E-state index contributed by atoms with van der Waals surface area (Å²) in [5.41, 5.74) is 0.990. The number of anilines is 1. The number of nitrogens with one attached hydrogen (secondary N) is 3. The van der Waals surface area contributed by atoms with E-state index in [4.69, 9.17) is 11.6 Å². The highest BCUT2D eigenvalue weighted by molar-refractivity contribution is 6.31. The second-order valence-corrected chi connectivity index (χ2v) is 4.36. The van der Waals surface area contributed by atoms with Crippen LogP contribution in [0.5, 0.6) is 0 Å². The number of aromatic nitrogens is 3. The van der Waals surface area contributed by atoms with Crippen molar-refractivity contribution in [3.05, 3.63) is 47.1 Å². The van der Waals surface area contributed by atoms with E-state index in [1.165, 1.54) is 18.5 Å². The van der Waals surface area contributed by atoms with Gasteiger partial charge in [0, 0.05) is 11.6 Å². The third kappa shape index (κ3) is 2.06. The number of amides is 1. The van der Waals surface area contributed by atoms with Crippen LogP contribution in [0.3, 0.4) is 0 Å². The summed E-state index contributed by atoms with van der Waals surface area (Å²) in [7, 11) is 0. The second-order valence-electron chi connectivity index (χ2n) is 3.95. The normalized spacial score (nSPS) is 10.8. The van der Waals surface area contributed by atoms with Crippen molar-refractivity contribution in [2.45, 2.75) is 0 Å². The van der Waals surface area contributed by atoms with E-state index in [9.17, 15) is 9.18 Å².